The molecule has 0 aliphatic rings. The summed E-state index contributed by atoms with van der Waals surface area (Å²) in [6.45, 7) is 2.94. The van der Waals surface area contributed by atoms with Crippen LogP contribution in [0.2, 0.25) is 0 Å². The highest BCUT2D eigenvalue weighted by Gasteiger charge is 2.11. The second-order valence-electron chi connectivity index (χ2n) is 4.77. The van der Waals surface area contributed by atoms with Gasteiger partial charge in [0.15, 0.2) is 0 Å². The van der Waals surface area contributed by atoms with Crippen LogP contribution in [-0.4, -0.2) is 6.61 Å². The molecule has 0 radical (unpaired) electrons. The Hall–Kier alpha value is -1.36. The number of hydrogen-bond acceptors (Lipinski definition) is 4. The summed E-state index contributed by atoms with van der Waals surface area (Å²) in [4.78, 5) is 1.33. The molecule has 0 saturated carbocycles. The SMILES string of the molecule is CCCCOc1ccc(C(Cc2cccs2)NN)cc1. The molecule has 0 saturated heterocycles. The number of nitrogens with two attached hydrogens (primary N) is 1. The van der Waals surface area contributed by atoms with E-state index >= 15 is 0 Å². The Labute approximate surface area is 124 Å². The minimum Gasteiger partial charge on any atom is -0.494 e. The van der Waals surface area contributed by atoms with Crippen LogP contribution in [-0.2, 0) is 6.42 Å². The van der Waals surface area contributed by atoms with E-state index in [0.717, 1.165) is 31.6 Å². The Kier molecular flexibility index (Phi) is 6.05. The van der Waals surface area contributed by atoms with E-state index in [-0.39, 0.29) is 6.04 Å². The molecule has 3 nitrogen and oxygen atoms in total. The first-order valence-electron chi connectivity index (χ1n) is 7.04. The predicted octanol–water partition coefficient (Wildman–Crippen LogP) is 3.67. The molecule has 1 atom stereocenters. The topological polar surface area (TPSA) is 47.3 Å². The molecule has 2 rings (SSSR count). The van der Waals surface area contributed by atoms with E-state index in [1.165, 1.54) is 10.4 Å². The fourth-order valence-electron chi connectivity index (χ4n) is 2.03. The van der Waals surface area contributed by atoms with E-state index in [1.54, 1.807) is 11.3 Å². The third-order valence-electron chi connectivity index (χ3n) is 3.24. The maximum atomic E-state index is 5.68. The number of thiophene rings is 1. The van der Waals surface area contributed by atoms with Crippen molar-refractivity contribution in [1.82, 2.24) is 5.43 Å². The zero-order valence-corrected chi connectivity index (χ0v) is 12.7. The number of rotatable bonds is 8. The summed E-state index contributed by atoms with van der Waals surface area (Å²) >= 11 is 1.76. The second-order valence-corrected chi connectivity index (χ2v) is 5.81. The van der Waals surface area contributed by atoms with Gasteiger partial charge in [0.25, 0.3) is 0 Å². The quantitative estimate of drug-likeness (QED) is 0.443. The smallest absolute Gasteiger partial charge is 0.119 e. The van der Waals surface area contributed by atoms with Crippen LogP contribution in [0, 0.1) is 0 Å². The van der Waals surface area contributed by atoms with Crippen molar-refractivity contribution in [3.8, 4) is 5.75 Å². The molecule has 0 fully saturated rings. The minimum atomic E-state index is 0.137. The van der Waals surface area contributed by atoms with Crippen LogP contribution in [0.1, 0.15) is 36.2 Å². The number of unbranched alkanes of at least 4 members (excludes halogenated alkanes) is 1. The maximum absolute atomic E-state index is 5.68. The molecule has 1 unspecified atom stereocenters. The molecule has 0 bridgehead atoms. The number of hydrogen-bond donors (Lipinski definition) is 2. The Morgan fingerprint density at radius 2 is 2.05 bits per heavy atom. The van der Waals surface area contributed by atoms with E-state index in [0.29, 0.717) is 0 Å². The number of nitrogens with one attached hydrogen (secondary N) is 1. The van der Waals surface area contributed by atoms with E-state index in [4.69, 9.17) is 10.6 Å². The van der Waals surface area contributed by atoms with E-state index in [9.17, 15) is 0 Å². The van der Waals surface area contributed by atoms with Gasteiger partial charge < -0.3 is 4.74 Å². The molecule has 20 heavy (non-hydrogen) atoms. The Morgan fingerprint density at radius 3 is 2.65 bits per heavy atom. The van der Waals surface area contributed by atoms with E-state index in [1.807, 2.05) is 12.1 Å². The molecule has 0 aliphatic carbocycles. The van der Waals surface area contributed by atoms with Gasteiger partial charge in [0.1, 0.15) is 5.75 Å². The van der Waals surface area contributed by atoms with Crippen LogP contribution in [0.4, 0.5) is 0 Å². The van der Waals surface area contributed by atoms with Crippen LogP contribution in [0.5, 0.6) is 5.75 Å². The van der Waals surface area contributed by atoms with Gasteiger partial charge in [-0.3, -0.25) is 11.3 Å². The zero-order chi connectivity index (χ0) is 14.2. The normalized spacial score (nSPS) is 12.3. The summed E-state index contributed by atoms with van der Waals surface area (Å²) in [7, 11) is 0. The van der Waals surface area contributed by atoms with Crippen LogP contribution >= 0.6 is 11.3 Å². The first-order valence-corrected chi connectivity index (χ1v) is 7.92. The first kappa shape index (κ1) is 15.0. The molecular formula is C16H22N2OS. The number of hydrazine groups is 1. The molecule has 1 heterocycles. The monoisotopic (exact) mass is 290 g/mol. The highest BCUT2D eigenvalue weighted by atomic mass is 32.1. The van der Waals surface area contributed by atoms with Crippen molar-refractivity contribution >= 4 is 11.3 Å². The van der Waals surface area contributed by atoms with Crippen LogP contribution in [0.3, 0.4) is 0 Å². The predicted molar refractivity (Wildman–Crippen MR) is 84.9 cm³/mol. The third kappa shape index (κ3) is 4.34. The van der Waals surface area contributed by atoms with Gasteiger partial charge in [0, 0.05) is 11.3 Å². The average Bonchev–Trinajstić information content (AvgIpc) is 2.99. The number of ether oxygens (including phenoxy) is 1. The lowest BCUT2D eigenvalue weighted by atomic mass is 10.0. The summed E-state index contributed by atoms with van der Waals surface area (Å²) in [6.07, 6.45) is 3.15. The van der Waals surface area contributed by atoms with E-state index < -0.39 is 0 Å². The highest BCUT2D eigenvalue weighted by molar-refractivity contribution is 7.09. The lowest BCUT2D eigenvalue weighted by molar-refractivity contribution is 0.309. The van der Waals surface area contributed by atoms with Gasteiger partial charge in [-0.15, -0.1) is 11.3 Å². The Morgan fingerprint density at radius 1 is 1.25 bits per heavy atom. The van der Waals surface area contributed by atoms with E-state index in [2.05, 4.69) is 42.0 Å². The second kappa shape index (κ2) is 8.04. The van der Waals surface area contributed by atoms with Crippen molar-refractivity contribution in [3.63, 3.8) is 0 Å². The molecule has 1 aromatic carbocycles. The van der Waals surface area contributed by atoms with Crippen molar-refractivity contribution in [3.05, 3.63) is 52.2 Å². The van der Waals surface area contributed by atoms with Crippen LogP contribution in [0.15, 0.2) is 41.8 Å². The molecular weight excluding hydrogens is 268 g/mol. The fourth-order valence-corrected chi connectivity index (χ4v) is 2.79. The summed E-state index contributed by atoms with van der Waals surface area (Å²) < 4.78 is 5.67. The van der Waals surface area contributed by atoms with Gasteiger partial charge in [-0.2, -0.15) is 0 Å². The molecule has 1 aromatic heterocycles. The summed E-state index contributed by atoms with van der Waals surface area (Å²) in [5, 5.41) is 2.09. The molecule has 0 spiro atoms. The molecule has 0 aliphatic heterocycles. The average molecular weight is 290 g/mol. The van der Waals surface area contributed by atoms with Crippen molar-refractivity contribution in [1.29, 1.82) is 0 Å². The molecule has 4 heteroatoms. The molecule has 108 valence electrons. The van der Waals surface area contributed by atoms with Crippen molar-refractivity contribution in [2.24, 2.45) is 5.84 Å². The van der Waals surface area contributed by atoms with Crippen LogP contribution in [0.25, 0.3) is 0 Å². The number of benzene rings is 1. The van der Waals surface area contributed by atoms with Crippen molar-refractivity contribution in [2.75, 3.05) is 6.61 Å². The third-order valence-corrected chi connectivity index (χ3v) is 4.13. The van der Waals surface area contributed by atoms with Crippen LogP contribution < -0.4 is 16.0 Å². The van der Waals surface area contributed by atoms with Gasteiger partial charge in [-0.25, -0.2) is 0 Å². The van der Waals surface area contributed by atoms with Gasteiger partial charge in [0.2, 0.25) is 0 Å². The fraction of sp³-hybridized carbons (Fsp3) is 0.375. The standard InChI is InChI=1S/C16H22N2OS/c1-2-3-10-19-14-8-6-13(7-9-14)16(18-17)12-15-5-4-11-20-15/h4-9,11,16,18H,2-3,10,12,17H2,1H3. The lowest BCUT2D eigenvalue weighted by Gasteiger charge is -2.16. The highest BCUT2D eigenvalue weighted by Crippen LogP contribution is 2.22. The molecule has 3 N–H and O–H groups in total. The van der Waals surface area contributed by atoms with Gasteiger partial charge in [-0.1, -0.05) is 31.5 Å². The van der Waals surface area contributed by atoms with Gasteiger partial charge in [0.05, 0.1) is 12.6 Å². The summed E-state index contributed by atoms with van der Waals surface area (Å²) in [6, 6.07) is 12.5. The summed E-state index contributed by atoms with van der Waals surface area (Å²) in [5.74, 6) is 6.61. The lowest BCUT2D eigenvalue weighted by Crippen LogP contribution is -2.29. The van der Waals surface area contributed by atoms with Crippen molar-refractivity contribution in [2.45, 2.75) is 32.2 Å². The van der Waals surface area contributed by atoms with Crippen molar-refractivity contribution < 1.29 is 4.74 Å². The zero-order valence-electron chi connectivity index (χ0n) is 11.8. The first-order chi connectivity index (χ1) is 9.83. The maximum Gasteiger partial charge on any atom is 0.119 e. The molecule has 0 amide bonds. The largest absolute Gasteiger partial charge is 0.494 e. The Bertz CT molecular complexity index is 482. The molecule has 2 aromatic rings. The Balaban J connectivity index is 1.96. The minimum absolute atomic E-state index is 0.137. The van der Waals surface area contributed by atoms with Gasteiger partial charge in [-0.05, 0) is 35.6 Å². The van der Waals surface area contributed by atoms with Gasteiger partial charge >= 0.3 is 0 Å². The summed E-state index contributed by atoms with van der Waals surface area (Å²) in [5.41, 5.74) is 4.08.